The molecule has 0 spiro atoms. The molecule has 1 aromatic carbocycles. The Morgan fingerprint density at radius 3 is 2.71 bits per heavy atom. The quantitative estimate of drug-likeness (QED) is 0.838. The van der Waals surface area contributed by atoms with Crippen LogP contribution in [0.3, 0.4) is 0 Å². The van der Waals surface area contributed by atoms with Crippen LogP contribution in [0.4, 0.5) is 10.5 Å². The number of hydrogen-bond acceptors (Lipinski definition) is 3. The summed E-state index contributed by atoms with van der Waals surface area (Å²) in [4.78, 5) is 26.8. The lowest BCUT2D eigenvalue weighted by Crippen LogP contribution is -3.15. The maximum absolute atomic E-state index is 12.1. The molecule has 0 atom stereocenters. The van der Waals surface area contributed by atoms with Gasteiger partial charge in [-0.15, -0.1) is 0 Å². The molecule has 2 rings (SSSR count). The van der Waals surface area contributed by atoms with Crippen molar-refractivity contribution < 1.29 is 19.2 Å². The highest BCUT2D eigenvalue weighted by Crippen LogP contribution is 2.22. The molecular formula is C17H25ClN3O3+. The van der Waals surface area contributed by atoms with Crippen molar-refractivity contribution in [2.45, 2.75) is 20.3 Å². The number of benzene rings is 1. The summed E-state index contributed by atoms with van der Waals surface area (Å²) in [5.74, 6) is -0.0133. The van der Waals surface area contributed by atoms with Crippen molar-refractivity contribution in [1.82, 2.24) is 4.90 Å². The number of halogens is 1. The van der Waals surface area contributed by atoms with E-state index in [1.165, 1.54) is 4.90 Å². The molecular weight excluding hydrogens is 330 g/mol. The zero-order chi connectivity index (χ0) is 17.5. The molecule has 0 radical (unpaired) electrons. The summed E-state index contributed by atoms with van der Waals surface area (Å²) in [6.45, 7) is 7.85. The molecule has 1 aromatic rings. The van der Waals surface area contributed by atoms with Crippen LogP contribution in [0.1, 0.15) is 18.9 Å². The van der Waals surface area contributed by atoms with Crippen LogP contribution in [0.15, 0.2) is 18.2 Å². The van der Waals surface area contributed by atoms with Gasteiger partial charge >= 0.3 is 6.09 Å². The number of amides is 2. The van der Waals surface area contributed by atoms with Crippen LogP contribution in [0.2, 0.25) is 5.02 Å². The maximum Gasteiger partial charge on any atom is 0.410 e. The Labute approximate surface area is 147 Å². The largest absolute Gasteiger partial charge is 0.450 e. The number of quaternary nitrogens is 1. The number of rotatable bonds is 5. The second kappa shape index (κ2) is 8.89. The third-order valence-electron chi connectivity index (χ3n) is 4.24. The number of carbonyl (C=O) groups excluding carboxylic acids is 2. The normalized spacial score (nSPS) is 15.2. The van der Waals surface area contributed by atoms with Crippen molar-refractivity contribution in [1.29, 1.82) is 0 Å². The molecule has 0 unspecified atom stereocenters. The standard InChI is InChI=1S/C17H24ClN3O3/c1-3-24-17(23)21-11-9-20(10-12-21)8-7-16(22)19-15-6-4-5-14(18)13(15)2/h4-6H,3,7-12H2,1-2H3,(H,19,22)/p+1. The number of hydrogen-bond donors (Lipinski definition) is 2. The zero-order valence-corrected chi connectivity index (χ0v) is 15.0. The van der Waals surface area contributed by atoms with Gasteiger partial charge in [0.15, 0.2) is 0 Å². The molecule has 2 amide bonds. The van der Waals surface area contributed by atoms with Crippen molar-refractivity contribution in [3.05, 3.63) is 28.8 Å². The summed E-state index contributed by atoms with van der Waals surface area (Å²) in [6.07, 6.45) is 0.200. The lowest BCUT2D eigenvalue weighted by molar-refractivity contribution is -0.903. The molecule has 1 aliphatic rings. The highest BCUT2D eigenvalue weighted by molar-refractivity contribution is 6.31. The highest BCUT2D eigenvalue weighted by Gasteiger charge is 2.24. The Morgan fingerprint density at radius 2 is 2.04 bits per heavy atom. The summed E-state index contributed by atoms with van der Waals surface area (Å²) < 4.78 is 5.00. The van der Waals surface area contributed by atoms with Crippen LogP contribution in [-0.4, -0.2) is 56.2 Å². The molecule has 1 fully saturated rings. The third kappa shape index (κ3) is 5.11. The maximum atomic E-state index is 12.1. The predicted octanol–water partition coefficient (Wildman–Crippen LogP) is 1.33. The fourth-order valence-electron chi connectivity index (χ4n) is 2.72. The number of carbonyl (C=O) groups is 2. The third-order valence-corrected chi connectivity index (χ3v) is 4.65. The van der Waals surface area contributed by atoms with Gasteiger partial charge in [0.05, 0.1) is 45.8 Å². The summed E-state index contributed by atoms with van der Waals surface area (Å²) in [5.41, 5.74) is 1.64. The van der Waals surface area contributed by atoms with Gasteiger partial charge in [-0.2, -0.15) is 0 Å². The number of nitrogens with one attached hydrogen (secondary N) is 2. The lowest BCUT2D eigenvalue weighted by atomic mass is 10.2. The fourth-order valence-corrected chi connectivity index (χ4v) is 2.89. The minimum Gasteiger partial charge on any atom is -0.450 e. The first-order chi connectivity index (χ1) is 11.5. The fraction of sp³-hybridized carbons (Fsp3) is 0.529. The monoisotopic (exact) mass is 354 g/mol. The van der Waals surface area contributed by atoms with Crippen molar-refractivity contribution in [3.8, 4) is 0 Å². The van der Waals surface area contributed by atoms with E-state index < -0.39 is 0 Å². The first kappa shape index (κ1) is 18.5. The minimum atomic E-state index is -0.245. The highest BCUT2D eigenvalue weighted by atomic mass is 35.5. The van der Waals surface area contributed by atoms with E-state index in [9.17, 15) is 9.59 Å². The number of piperazine rings is 1. The summed E-state index contributed by atoms with van der Waals surface area (Å²) in [5, 5.41) is 3.56. The van der Waals surface area contributed by atoms with Crippen LogP contribution in [-0.2, 0) is 9.53 Å². The Bertz CT molecular complexity index is 586. The van der Waals surface area contributed by atoms with E-state index >= 15 is 0 Å². The van der Waals surface area contributed by atoms with Crippen molar-refractivity contribution in [2.75, 3.05) is 44.6 Å². The molecule has 0 aliphatic carbocycles. The van der Waals surface area contributed by atoms with Gasteiger partial charge < -0.3 is 15.0 Å². The first-order valence-electron chi connectivity index (χ1n) is 8.31. The smallest absolute Gasteiger partial charge is 0.410 e. The molecule has 7 heteroatoms. The molecule has 1 aliphatic heterocycles. The van der Waals surface area contributed by atoms with E-state index in [1.54, 1.807) is 17.9 Å². The zero-order valence-electron chi connectivity index (χ0n) is 14.2. The second-order valence-electron chi connectivity index (χ2n) is 5.90. The molecule has 0 saturated carbocycles. The topological polar surface area (TPSA) is 63.1 Å². The SMILES string of the molecule is CCOC(=O)N1CC[NH+](CCC(=O)Nc2cccc(Cl)c2C)CC1. The van der Waals surface area contributed by atoms with Gasteiger partial charge in [-0.1, -0.05) is 17.7 Å². The number of nitrogens with zero attached hydrogens (tertiary/aromatic N) is 1. The summed E-state index contributed by atoms with van der Waals surface area (Å²) >= 11 is 6.06. The van der Waals surface area contributed by atoms with Crippen molar-refractivity contribution in [2.24, 2.45) is 0 Å². The Hall–Kier alpha value is -1.79. The van der Waals surface area contributed by atoms with Gasteiger partial charge in [0.2, 0.25) is 5.91 Å². The van der Waals surface area contributed by atoms with Crippen LogP contribution < -0.4 is 10.2 Å². The molecule has 0 aromatic heterocycles. The summed E-state index contributed by atoms with van der Waals surface area (Å²) in [7, 11) is 0. The minimum absolute atomic E-state index is 0.0133. The predicted molar refractivity (Wildman–Crippen MR) is 93.6 cm³/mol. The van der Waals surface area contributed by atoms with Crippen molar-refractivity contribution >= 4 is 29.3 Å². The van der Waals surface area contributed by atoms with Gasteiger partial charge in [-0.25, -0.2) is 4.79 Å². The van der Waals surface area contributed by atoms with Gasteiger partial charge in [-0.05, 0) is 31.5 Å². The van der Waals surface area contributed by atoms with E-state index in [4.69, 9.17) is 16.3 Å². The van der Waals surface area contributed by atoms with Crippen molar-refractivity contribution in [3.63, 3.8) is 0 Å². The Kier molecular flexibility index (Phi) is 6.87. The van der Waals surface area contributed by atoms with Crippen LogP contribution in [0.25, 0.3) is 0 Å². The number of ether oxygens (including phenoxy) is 1. The molecule has 6 nitrogen and oxygen atoms in total. The van der Waals surface area contributed by atoms with E-state index in [1.807, 2.05) is 19.1 Å². The summed E-state index contributed by atoms with van der Waals surface area (Å²) in [6, 6.07) is 5.48. The van der Waals surface area contributed by atoms with Gasteiger partial charge in [-0.3, -0.25) is 9.69 Å². The van der Waals surface area contributed by atoms with E-state index in [0.29, 0.717) is 31.1 Å². The Balaban J connectivity index is 1.73. The second-order valence-corrected chi connectivity index (χ2v) is 6.30. The molecule has 1 saturated heterocycles. The molecule has 24 heavy (non-hydrogen) atoms. The molecule has 2 N–H and O–H groups in total. The Morgan fingerprint density at radius 1 is 1.33 bits per heavy atom. The lowest BCUT2D eigenvalue weighted by Gasteiger charge is -2.31. The van der Waals surface area contributed by atoms with Crippen LogP contribution >= 0.6 is 11.6 Å². The average molecular weight is 355 g/mol. The molecule has 132 valence electrons. The average Bonchev–Trinajstić information content (AvgIpc) is 2.58. The van der Waals surface area contributed by atoms with Gasteiger partial charge in [0.25, 0.3) is 0 Å². The van der Waals surface area contributed by atoms with Crippen LogP contribution in [0, 0.1) is 6.92 Å². The first-order valence-corrected chi connectivity index (χ1v) is 8.69. The van der Waals surface area contributed by atoms with E-state index in [-0.39, 0.29) is 12.0 Å². The van der Waals surface area contributed by atoms with E-state index in [2.05, 4.69) is 5.32 Å². The van der Waals surface area contributed by atoms with E-state index in [0.717, 1.165) is 30.9 Å². The van der Waals surface area contributed by atoms with Gasteiger partial charge in [0.1, 0.15) is 0 Å². The molecule has 1 heterocycles. The number of anilines is 1. The van der Waals surface area contributed by atoms with Crippen LogP contribution in [0.5, 0.6) is 0 Å². The van der Waals surface area contributed by atoms with Gasteiger partial charge in [0, 0.05) is 10.7 Å². The molecule has 0 bridgehead atoms.